The van der Waals surface area contributed by atoms with Gasteiger partial charge in [-0.1, -0.05) is 104 Å². The largest absolute Gasteiger partial charge is 0.508 e. The zero-order valence-electron chi connectivity index (χ0n) is 36.6. The maximum absolute atomic E-state index is 16.0. The van der Waals surface area contributed by atoms with Gasteiger partial charge in [0.1, 0.15) is 28.9 Å². The third-order valence-electron chi connectivity index (χ3n) is 14.7. The molecule has 6 atom stereocenters. The number of hydrogen-bond donors (Lipinski definition) is 3. The highest BCUT2D eigenvalue weighted by atomic mass is 16.7. The Labute approximate surface area is 384 Å². The molecule has 4 fully saturated rings. The average molecular weight is 885 g/mol. The summed E-state index contributed by atoms with van der Waals surface area (Å²) in [4.78, 5) is 53.1. The first-order valence-electron chi connectivity index (χ1n) is 23.2. The molecule has 3 saturated heterocycles. The standard InChI is InChI=1S/C54H52N4O8/c59-40-19-17-39(18-20-40)49-54(41-31-35(15-21-42(41)55-52(54)62)23-26-53(63)24-9-1-2-10-25-53)45(50(60)57-29-27-56(28-30-57)33-36-16-22-43-44(32-36)65-34-64-43)47-51(61)66-48(38-13-7-4-8-14-38)46(58(47)49)37-11-5-3-6-12-37/h3-8,11-22,31-32,45-49,59,63H,1-2,9-10,24-25,27-30,33-34H2,(H,55,62). The Morgan fingerprint density at radius 1 is 0.742 bits per heavy atom. The molecule has 11 rings (SSSR count). The maximum atomic E-state index is 16.0. The predicted molar refractivity (Wildman–Crippen MR) is 245 cm³/mol. The number of ether oxygens (including phenoxy) is 3. The van der Waals surface area contributed by atoms with Gasteiger partial charge in [-0.3, -0.25) is 24.2 Å². The van der Waals surface area contributed by atoms with Gasteiger partial charge in [-0.05, 0) is 96.0 Å². The number of phenolic OH excluding ortho intramolecular Hbond substituents is 1. The summed E-state index contributed by atoms with van der Waals surface area (Å²) in [5.41, 5.74) is 2.18. The number of hydrogen-bond acceptors (Lipinski definition) is 10. The molecule has 5 aromatic carbocycles. The van der Waals surface area contributed by atoms with Gasteiger partial charge in [0, 0.05) is 44.0 Å². The van der Waals surface area contributed by atoms with Gasteiger partial charge in [-0.2, -0.15) is 0 Å². The molecule has 66 heavy (non-hydrogen) atoms. The van der Waals surface area contributed by atoms with Crippen LogP contribution in [0.15, 0.2) is 121 Å². The van der Waals surface area contributed by atoms with Crippen molar-refractivity contribution in [3.8, 4) is 29.1 Å². The minimum Gasteiger partial charge on any atom is -0.508 e. The van der Waals surface area contributed by atoms with E-state index in [1.54, 1.807) is 24.3 Å². The van der Waals surface area contributed by atoms with Crippen LogP contribution in [0.1, 0.15) is 90.1 Å². The van der Waals surface area contributed by atoms with Crippen molar-refractivity contribution >= 4 is 23.5 Å². The van der Waals surface area contributed by atoms with Crippen LogP contribution in [0.25, 0.3) is 0 Å². The predicted octanol–water partition coefficient (Wildman–Crippen LogP) is 7.17. The van der Waals surface area contributed by atoms with Crippen molar-refractivity contribution in [2.45, 2.75) is 80.3 Å². The van der Waals surface area contributed by atoms with Crippen molar-refractivity contribution in [2.75, 3.05) is 38.3 Å². The van der Waals surface area contributed by atoms with Gasteiger partial charge >= 0.3 is 5.97 Å². The lowest BCUT2D eigenvalue weighted by Crippen LogP contribution is -2.58. The normalized spacial score (nSPS) is 26.7. The van der Waals surface area contributed by atoms with Crippen molar-refractivity contribution in [1.82, 2.24) is 14.7 Å². The van der Waals surface area contributed by atoms with E-state index in [2.05, 4.69) is 27.0 Å². The van der Waals surface area contributed by atoms with Crippen molar-refractivity contribution in [1.29, 1.82) is 0 Å². The molecule has 5 heterocycles. The van der Waals surface area contributed by atoms with Gasteiger partial charge in [0.15, 0.2) is 11.5 Å². The Kier molecular flexibility index (Phi) is 10.8. The van der Waals surface area contributed by atoms with Crippen LogP contribution in [-0.4, -0.2) is 87.3 Å². The second kappa shape index (κ2) is 17.0. The lowest BCUT2D eigenvalue weighted by molar-refractivity contribution is -0.179. The van der Waals surface area contributed by atoms with E-state index in [9.17, 15) is 10.2 Å². The number of carbonyl (C=O) groups excluding carboxylic acids is 3. The second-order valence-electron chi connectivity index (χ2n) is 18.6. The number of piperazine rings is 1. The third kappa shape index (κ3) is 7.26. The number of anilines is 1. The first kappa shape index (κ1) is 42.0. The molecule has 6 unspecified atom stereocenters. The van der Waals surface area contributed by atoms with Crippen LogP contribution in [0.2, 0.25) is 0 Å². The van der Waals surface area contributed by atoms with Crippen LogP contribution in [0.4, 0.5) is 5.69 Å². The molecule has 0 radical (unpaired) electrons. The number of esters is 1. The van der Waals surface area contributed by atoms with E-state index in [1.165, 1.54) is 0 Å². The topological polar surface area (TPSA) is 141 Å². The molecule has 1 spiro atoms. The number of amides is 2. The number of morpholine rings is 1. The van der Waals surface area contributed by atoms with E-state index < -0.39 is 53.0 Å². The first-order chi connectivity index (χ1) is 32.2. The molecule has 1 aliphatic carbocycles. The highest BCUT2D eigenvalue weighted by molar-refractivity contribution is 6.12. The molecule has 5 aromatic rings. The summed E-state index contributed by atoms with van der Waals surface area (Å²) in [5, 5.41) is 25.5. The number of rotatable bonds is 6. The number of benzene rings is 5. The molecule has 2 amide bonds. The highest BCUT2D eigenvalue weighted by Crippen LogP contribution is 2.65. The Balaban J connectivity index is 1.06. The van der Waals surface area contributed by atoms with E-state index >= 15 is 14.4 Å². The number of cyclic esters (lactones) is 1. The van der Waals surface area contributed by atoms with Gasteiger partial charge in [0.25, 0.3) is 0 Å². The van der Waals surface area contributed by atoms with Crippen LogP contribution >= 0.6 is 0 Å². The molecule has 336 valence electrons. The monoisotopic (exact) mass is 884 g/mol. The zero-order chi connectivity index (χ0) is 45.0. The maximum Gasteiger partial charge on any atom is 0.324 e. The Morgan fingerprint density at radius 2 is 1.44 bits per heavy atom. The van der Waals surface area contributed by atoms with Gasteiger partial charge in [0.05, 0.1) is 18.0 Å². The molecule has 1 saturated carbocycles. The Morgan fingerprint density at radius 3 is 2.17 bits per heavy atom. The van der Waals surface area contributed by atoms with E-state index in [0.29, 0.717) is 73.7 Å². The van der Waals surface area contributed by atoms with Gasteiger partial charge < -0.3 is 34.6 Å². The molecule has 12 nitrogen and oxygen atoms in total. The summed E-state index contributed by atoms with van der Waals surface area (Å²) in [7, 11) is 0. The molecular formula is C54H52N4O8. The fourth-order valence-corrected chi connectivity index (χ4v) is 11.6. The number of carbonyl (C=O) groups is 3. The molecule has 6 aliphatic rings. The fourth-order valence-electron chi connectivity index (χ4n) is 11.6. The average Bonchev–Trinajstić information content (AvgIpc) is 3.97. The molecular weight excluding hydrogens is 833 g/mol. The molecule has 5 aliphatic heterocycles. The molecule has 3 N–H and O–H groups in total. The minimum absolute atomic E-state index is 0.0405. The number of fused-ring (bicyclic) bond motifs is 4. The molecule has 0 bridgehead atoms. The Hall–Kier alpha value is -6.65. The molecule has 0 aromatic heterocycles. The molecule has 12 heteroatoms. The number of phenols is 1. The SMILES string of the molecule is O=C1OC(c2ccccc2)C(c2ccccc2)N2C1C(C(=O)N1CCN(Cc3ccc4c(c3)OCO4)CC1)C1(C(=O)Nc3ccc(C#CC4(O)CCCCCC4)cc31)C2c1ccc(O)cc1. The van der Waals surface area contributed by atoms with E-state index in [0.717, 1.165) is 48.1 Å². The van der Waals surface area contributed by atoms with E-state index in [1.807, 2.05) is 102 Å². The number of nitrogens with one attached hydrogen (secondary N) is 1. The highest BCUT2D eigenvalue weighted by Gasteiger charge is 2.74. The minimum atomic E-state index is -1.69. The van der Waals surface area contributed by atoms with Gasteiger partial charge in [-0.15, -0.1) is 0 Å². The summed E-state index contributed by atoms with van der Waals surface area (Å²) in [5.74, 6) is 5.40. The van der Waals surface area contributed by atoms with Crippen molar-refractivity contribution in [3.05, 3.63) is 155 Å². The van der Waals surface area contributed by atoms with E-state index in [-0.39, 0.29) is 18.4 Å². The summed E-state index contributed by atoms with van der Waals surface area (Å²) in [6, 6.07) is 34.9. The third-order valence-corrected chi connectivity index (χ3v) is 14.7. The Bertz CT molecular complexity index is 2720. The zero-order valence-corrected chi connectivity index (χ0v) is 36.6. The fraction of sp³-hybridized carbons (Fsp3) is 0.352. The van der Waals surface area contributed by atoms with Gasteiger partial charge in [-0.25, -0.2) is 0 Å². The van der Waals surface area contributed by atoms with Crippen LogP contribution in [-0.2, 0) is 31.1 Å². The summed E-state index contributed by atoms with van der Waals surface area (Å²) < 4.78 is 17.8. The summed E-state index contributed by atoms with van der Waals surface area (Å²) >= 11 is 0. The number of aromatic hydroxyl groups is 1. The lowest BCUT2D eigenvalue weighted by atomic mass is 9.65. The van der Waals surface area contributed by atoms with Crippen LogP contribution < -0.4 is 14.8 Å². The summed E-state index contributed by atoms with van der Waals surface area (Å²) in [6.07, 6.45) is 4.25. The van der Waals surface area contributed by atoms with Crippen molar-refractivity contribution < 1.29 is 38.8 Å². The van der Waals surface area contributed by atoms with Crippen LogP contribution in [0.5, 0.6) is 17.2 Å². The first-order valence-corrected chi connectivity index (χ1v) is 23.2. The van der Waals surface area contributed by atoms with Crippen molar-refractivity contribution in [3.63, 3.8) is 0 Å². The smallest absolute Gasteiger partial charge is 0.324 e. The lowest BCUT2D eigenvalue weighted by Gasteiger charge is -2.46. The number of nitrogens with zero attached hydrogens (tertiary/aromatic N) is 3. The van der Waals surface area contributed by atoms with Crippen molar-refractivity contribution in [2.24, 2.45) is 5.92 Å². The number of aliphatic hydroxyl groups is 1. The van der Waals surface area contributed by atoms with Gasteiger partial charge in [0.2, 0.25) is 18.6 Å². The van der Waals surface area contributed by atoms with Crippen LogP contribution in [0.3, 0.4) is 0 Å². The van der Waals surface area contributed by atoms with Crippen LogP contribution in [0, 0.1) is 17.8 Å². The second-order valence-corrected chi connectivity index (χ2v) is 18.6. The van der Waals surface area contributed by atoms with E-state index in [4.69, 9.17) is 14.2 Å². The summed E-state index contributed by atoms with van der Waals surface area (Å²) in [6.45, 7) is 2.71. The quantitative estimate of drug-likeness (QED) is 0.0914.